The first-order valence-electron chi connectivity index (χ1n) is 6.29. The molecule has 1 fully saturated rings. The zero-order valence-corrected chi connectivity index (χ0v) is 12.5. The molecule has 102 valence electrons. The third kappa shape index (κ3) is 2.77. The lowest BCUT2D eigenvalue weighted by Gasteiger charge is -2.28. The topological polar surface area (TPSA) is 40.6 Å². The van der Waals surface area contributed by atoms with E-state index in [0.29, 0.717) is 10.8 Å². The van der Waals surface area contributed by atoms with Crippen LogP contribution < -0.4 is 0 Å². The summed E-state index contributed by atoms with van der Waals surface area (Å²) in [6.07, 6.45) is 1.76. The summed E-state index contributed by atoms with van der Waals surface area (Å²) in [5.74, 6) is 0. The molecule has 0 amide bonds. The second kappa shape index (κ2) is 5.69. The van der Waals surface area contributed by atoms with Crippen LogP contribution in [0.15, 0.2) is 21.7 Å². The zero-order chi connectivity index (χ0) is 13.2. The molecule has 1 aromatic heterocycles. The maximum absolute atomic E-state index is 12.6. The van der Waals surface area contributed by atoms with Gasteiger partial charge in [-0.2, -0.15) is 4.31 Å². The monoisotopic (exact) mass is 288 g/mol. The van der Waals surface area contributed by atoms with Crippen LogP contribution in [0.4, 0.5) is 0 Å². The molecule has 0 unspecified atom stereocenters. The lowest BCUT2D eigenvalue weighted by molar-refractivity contribution is 0.270. The van der Waals surface area contributed by atoms with Crippen molar-refractivity contribution in [2.45, 2.75) is 30.0 Å². The Kier molecular flexibility index (Phi) is 4.42. The molecular weight excluding hydrogens is 268 g/mol. The molecule has 0 radical (unpaired) electrons. The second-order valence-electron chi connectivity index (χ2n) is 4.73. The summed E-state index contributed by atoms with van der Waals surface area (Å²) >= 11 is 1.30. The molecule has 0 bridgehead atoms. The molecule has 0 spiro atoms. The Morgan fingerprint density at radius 1 is 1.44 bits per heavy atom. The molecule has 1 aliphatic heterocycles. The average molecular weight is 288 g/mol. The Labute approximate surface area is 113 Å². The number of sulfonamides is 1. The minimum absolute atomic E-state index is 0.0876. The van der Waals surface area contributed by atoms with E-state index in [0.717, 1.165) is 25.9 Å². The van der Waals surface area contributed by atoms with E-state index >= 15 is 0 Å². The van der Waals surface area contributed by atoms with E-state index < -0.39 is 10.0 Å². The predicted molar refractivity (Wildman–Crippen MR) is 74.4 cm³/mol. The predicted octanol–water partition coefficient (Wildman–Crippen LogP) is 1.85. The molecule has 4 nitrogen and oxygen atoms in total. The molecule has 0 N–H and O–H groups in total. The fourth-order valence-electron chi connectivity index (χ4n) is 2.40. The largest absolute Gasteiger partial charge is 0.305 e. The number of hydrogen-bond donors (Lipinski definition) is 0. The fraction of sp³-hybridized carbons (Fsp3) is 0.667. The summed E-state index contributed by atoms with van der Waals surface area (Å²) in [6, 6.07) is 3.58. The van der Waals surface area contributed by atoms with Crippen molar-refractivity contribution in [3.05, 3.63) is 17.5 Å². The Bertz CT molecular complexity index is 470. The standard InChI is InChI=1S/C12H20N2O2S2/c1-3-11-10-13(2)7-5-8-14(11)18(15,16)12-6-4-9-17-12/h4,6,9,11H,3,5,7-8,10H2,1-2H3/t11-/m0/s1. The van der Waals surface area contributed by atoms with Crippen LogP contribution in [0.25, 0.3) is 0 Å². The van der Waals surface area contributed by atoms with Crippen molar-refractivity contribution < 1.29 is 8.42 Å². The molecule has 1 aliphatic rings. The molecule has 1 saturated heterocycles. The van der Waals surface area contributed by atoms with Gasteiger partial charge in [-0.05, 0) is 37.9 Å². The van der Waals surface area contributed by atoms with E-state index in [1.807, 2.05) is 5.38 Å². The van der Waals surface area contributed by atoms with Crippen LogP contribution in [0.5, 0.6) is 0 Å². The molecule has 2 rings (SSSR count). The summed E-state index contributed by atoms with van der Waals surface area (Å²) < 4.78 is 27.4. The van der Waals surface area contributed by atoms with E-state index in [-0.39, 0.29) is 6.04 Å². The van der Waals surface area contributed by atoms with Gasteiger partial charge in [0.15, 0.2) is 0 Å². The van der Waals surface area contributed by atoms with Crippen LogP contribution in [0.3, 0.4) is 0 Å². The minimum atomic E-state index is -3.30. The van der Waals surface area contributed by atoms with Gasteiger partial charge in [-0.15, -0.1) is 11.3 Å². The van der Waals surface area contributed by atoms with Gasteiger partial charge in [0.2, 0.25) is 0 Å². The van der Waals surface area contributed by atoms with Crippen molar-refractivity contribution in [1.29, 1.82) is 0 Å². The maximum atomic E-state index is 12.6. The first kappa shape index (κ1) is 14.0. The SMILES string of the molecule is CC[C@H]1CN(C)CCCN1S(=O)(=O)c1cccs1. The van der Waals surface area contributed by atoms with Crippen LogP contribution >= 0.6 is 11.3 Å². The van der Waals surface area contributed by atoms with Gasteiger partial charge in [-0.3, -0.25) is 0 Å². The molecule has 1 atom stereocenters. The normalized spacial score (nSPS) is 24.0. The van der Waals surface area contributed by atoms with E-state index in [2.05, 4.69) is 18.9 Å². The number of rotatable bonds is 3. The highest BCUT2D eigenvalue weighted by Gasteiger charge is 2.33. The smallest absolute Gasteiger partial charge is 0.252 e. The highest BCUT2D eigenvalue weighted by Crippen LogP contribution is 2.25. The molecule has 2 heterocycles. The summed E-state index contributed by atoms with van der Waals surface area (Å²) in [4.78, 5) is 2.22. The van der Waals surface area contributed by atoms with Gasteiger partial charge in [0.25, 0.3) is 10.0 Å². The summed E-state index contributed by atoms with van der Waals surface area (Å²) in [6.45, 7) is 4.47. The van der Waals surface area contributed by atoms with Crippen LogP contribution in [0, 0.1) is 0 Å². The molecule has 0 saturated carbocycles. The average Bonchev–Trinajstić information content (AvgIpc) is 2.80. The fourth-order valence-corrected chi connectivity index (χ4v) is 5.24. The Morgan fingerprint density at radius 2 is 2.22 bits per heavy atom. The number of thiophene rings is 1. The Hall–Kier alpha value is -0.430. The molecular formula is C12H20N2O2S2. The quantitative estimate of drug-likeness (QED) is 0.852. The van der Waals surface area contributed by atoms with Gasteiger partial charge in [-0.25, -0.2) is 8.42 Å². The van der Waals surface area contributed by atoms with Crippen molar-refractivity contribution in [2.75, 3.05) is 26.7 Å². The van der Waals surface area contributed by atoms with E-state index in [1.54, 1.807) is 16.4 Å². The van der Waals surface area contributed by atoms with Gasteiger partial charge in [-0.1, -0.05) is 13.0 Å². The van der Waals surface area contributed by atoms with E-state index in [1.165, 1.54) is 11.3 Å². The lowest BCUT2D eigenvalue weighted by atomic mass is 10.2. The maximum Gasteiger partial charge on any atom is 0.252 e. The van der Waals surface area contributed by atoms with Gasteiger partial charge in [0, 0.05) is 19.1 Å². The van der Waals surface area contributed by atoms with Crippen LogP contribution in [-0.2, 0) is 10.0 Å². The molecule has 0 aliphatic carbocycles. The number of hydrogen-bond acceptors (Lipinski definition) is 4. The van der Waals surface area contributed by atoms with Crippen LogP contribution in [0.2, 0.25) is 0 Å². The molecule has 0 aromatic carbocycles. The second-order valence-corrected chi connectivity index (χ2v) is 7.79. The number of likely N-dealkylation sites (N-methyl/N-ethyl adjacent to an activating group) is 1. The van der Waals surface area contributed by atoms with Gasteiger partial charge in [0.05, 0.1) is 0 Å². The van der Waals surface area contributed by atoms with Gasteiger partial charge < -0.3 is 4.90 Å². The molecule has 1 aromatic rings. The van der Waals surface area contributed by atoms with Crippen molar-refractivity contribution in [3.8, 4) is 0 Å². The third-order valence-electron chi connectivity index (χ3n) is 3.38. The lowest BCUT2D eigenvalue weighted by Crippen LogP contribution is -2.43. The Balaban J connectivity index is 2.30. The summed E-state index contributed by atoms with van der Waals surface area (Å²) in [5, 5.41) is 1.82. The van der Waals surface area contributed by atoms with E-state index in [4.69, 9.17) is 0 Å². The van der Waals surface area contributed by atoms with Gasteiger partial charge in [0.1, 0.15) is 4.21 Å². The highest BCUT2D eigenvalue weighted by molar-refractivity contribution is 7.91. The summed E-state index contributed by atoms with van der Waals surface area (Å²) in [5.41, 5.74) is 0. The first-order valence-corrected chi connectivity index (χ1v) is 8.61. The Morgan fingerprint density at radius 3 is 2.83 bits per heavy atom. The van der Waals surface area contributed by atoms with Crippen molar-refractivity contribution in [3.63, 3.8) is 0 Å². The van der Waals surface area contributed by atoms with Crippen LogP contribution in [-0.4, -0.2) is 50.3 Å². The highest BCUT2D eigenvalue weighted by atomic mass is 32.2. The minimum Gasteiger partial charge on any atom is -0.305 e. The van der Waals surface area contributed by atoms with E-state index in [9.17, 15) is 8.42 Å². The van der Waals surface area contributed by atoms with Crippen molar-refractivity contribution in [2.24, 2.45) is 0 Å². The molecule has 18 heavy (non-hydrogen) atoms. The van der Waals surface area contributed by atoms with Gasteiger partial charge >= 0.3 is 0 Å². The zero-order valence-electron chi connectivity index (χ0n) is 10.9. The van der Waals surface area contributed by atoms with Crippen molar-refractivity contribution in [1.82, 2.24) is 9.21 Å². The van der Waals surface area contributed by atoms with Crippen molar-refractivity contribution >= 4 is 21.4 Å². The molecule has 6 heteroatoms. The van der Waals surface area contributed by atoms with Crippen LogP contribution in [0.1, 0.15) is 19.8 Å². The first-order chi connectivity index (χ1) is 8.55. The number of nitrogens with zero attached hydrogens (tertiary/aromatic N) is 2. The third-order valence-corrected chi connectivity index (χ3v) is 6.70. The summed E-state index contributed by atoms with van der Waals surface area (Å²) in [7, 11) is -1.24.